The van der Waals surface area contributed by atoms with Gasteiger partial charge in [0.1, 0.15) is 0 Å². The number of benzene rings is 1. The molecule has 0 spiro atoms. The summed E-state index contributed by atoms with van der Waals surface area (Å²) < 4.78 is 27.9. The summed E-state index contributed by atoms with van der Waals surface area (Å²) in [6.45, 7) is 2.95. The Hall–Kier alpha value is -2.04. The lowest BCUT2D eigenvalue weighted by atomic mass is 9.97. The van der Waals surface area contributed by atoms with Gasteiger partial charge in [-0.05, 0) is 60.1 Å². The molecule has 0 saturated carbocycles. The third-order valence-corrected chi connectivity index (χ3v) is 10.0. The highest BCUT2D eigenvalue weighted by Crippen LogP contribution is 2.40. The van der Waals surface area contributed by atoms with Crippen molar-refractivity contribution in [3.63, 3.8) is 0 Å². The van der Waals surface area contributed by atoms with Crippen molar-refractivity contribution < 1.29 is 13.2 Å². The van der Waals surface area contributed by atoms with Crippen LogP contribution in [-0.4, -0.2) is 68.2 Å². The number of carbonyl (C=O) groups excluding carboxylic acids is 1. The van der Waals surface area contributed by atoms with Crippen LogP contribution >= 0.6 is 22.7 Å². The van der Waals surface area contributed by atoms with Crippen molar-refractivity contribution in [3.8, 4) is 0 Å². The second kappa shape index (κ2) is 8.72. The molecular weight excluding hydrogens is 462 g/mol. The molecule has 5 rings (SSSR count). The van der Waals surface area contributed by atoms with Crippen LogP contribution in [-0.2, 0) is 16.4 Å². The zero-order valence-electron chi connectivity index (χ0n) is 17.8. The van der Waals surface area contributed by atoms with Crippen LogP contribution in [0.15, 0.2) is 58.1 Å². The zero-order chi connectivity index (χ0) is 22.3. The fourth-order valence-corrected chi connectivity index (χ4v) is 7.65. The van der Waals surface area contributed by atoms with E-state index >= 15 is 0 Å². The van der Waals surface area contributed by atoms with Gasteiger partial charge in [0.05, 0.1) is 10.9 Å². The normalized spacial score (nSPS) is 20.3. The van der Waals surface area contributed by atoms with Crippen molar-refractivity contribution in [2.75, 3.05) is 39.8 Å². The molecule has 2 aliphatic heterocycles. The molecule has 1 amide bonds. The van der Waals surface area contributed by atoms with Gasteiger partial charge in [0.2, 0.25) is 10.0 Å². The minimum atomic E-state index is -3.63. The lowest BCUT2D eigenvalue weighted by Crippen LogP contribution is -2.47. The molecule has 0 radical (unpaired) electrons. The Morgan fingerprint density at radius 2 is 1.78 bits per heavy atom. The van der Waals surface area contributed by atoms with Gasteiger partial charge in [-0.1, -0.05) is 12.1 Å². The average molecular weight is 488 g/mol. The lowest BCUT2D eigenvalue weighted by Gasteiger charge is -2.35. The van der Waals surface area contributed by atoms with Gasteiger partial charge in [-0.2, -0.15) is 4.31 Å². The fourth-order valence-electron chi connectivity index (χ4n) is 4.42. The largest absolute Gasteiger partial charge is 0.326 e. The number of likely N-dealkylation sites (N-methyl/N-ethyl adjacent to an activating group) is 1. The number of rotatable bonds is 4. The minimum absolute atomic E-state index is 0.129. The standard InChI is InChI=1S/C23H25N3O3S3/c1-24-10-12-25(13-11-24)32(28,29)18-5-2-4-17(16-18)23(27)26-9-7-20-19(8-15-31-20)22(26)21-6-3-14-30-21/h2-6,8,14-16,22H,7,9-13H2,1H3/t22-/m0/s1. The van der Waals surface area contributed by atoms with Crippen LogP contribution in [0.4, 0.5) is 0 Å². The van der Waals surface area contributed by atoms with E-state index in [0.717, 1.165) is 11.3 Å². The van der Waals surface area contributed by atoms with Gasteiger partial charge in [-0.25, -0.2) is 8.42 Å². The fraction of sp³-hybridized carbons (Fsp3) is 0.348. The van der Waals surface area contributed by atoms with Crippen molar-refractivity contribution in [2.24, 2.45) is 0 Å². The quantitative estimate of drug-likeness (QED) is 0.565. The monoisotopic (exact) mass is 487 g/mol. The number of hydrogen-bond donors (Lipinski definition) is 0. The van der Waals surface area contributed by atoms with Gasteiger partial charge in [0.15, 0.2) is 0 Å². The maximum absolute atomic E-state index is 13.7. The Balaban J connectivity index is 1.46. The Bertz CT molecular complexity index is 1210. The smallest absolute Gasteiger partial charge is 0.254 e. The van der Waals surface area contributed by atoms with Crippen LogP contribution in [0.5, 0.6) is 0 Å². The Kier molecular flexibility index (Phi) is 5.94. The molecule has 4 heterocycles. The molecule has 6 nitrogen and oxygen atoms in total. The van der Waals surface area contributed by atoms with Crippen LogP contribution < -0.4 is 0 Å². The van der Waals surface area contributed by atoms with Crippen molar-refractivity contribution in [1.82, 2.24) is 14.1 Å². The Morgan fingerprint density at radius 3 is 2.53 bits per heavy atom. The predicted octanol–water partition coefficient (Wildman–Crippen LogP) is 3.53. The van der Waals surface area contributed by atoms with Gasteiger partial charge in [-0.3, -0.25) is 4.79 Å². The van der Waals surface area contributed by atoms with Crippen LogP contribution in [0.3, 0.4) is 0 Å². The van der Waals surface area contributed by atoms with E-state index in [-0.39, 0.29) is 16.8 Å². The van der Waals surface area contributed by atoms with E-state index in [1.165, 1.54) is 14.7 Å². The number of nitrogens with zero attached hydrogens (tertiary/aromatic N) is 3. The number of thiophene rings is 2. The summed E-state index contributed by atoms with van der Waals surface area (Å²) in [4.78, 5) is 20.3. The molecule has 1 fully saturated rings. The predicted molar refractivity (Wildman–Crippen MR) is 128 cm³/mol. The summed E-state index contributed by atoms with van der Waals surface area (Å²) in [5.74, 6) is -0.129. The zero-order valence-corrected chi connectivity index (χ0v) is 20.3. The topological polar surface area (TPSA) is 60.9 Å². The summed E-state index contributed by atoms with van der Waals surface area (Å²) in [6, 6.07) is 12.6. The van der Waals surface area contributed by atoms with E-state index < -0.39 is 10.0 Å². The van der Waals surface area contributed by atoms with Gasteiger partial charge in [-0.15, -0.1) is 22.7 Å². The molecule has 0 N–H and O–H groups in total. The summed E-state index contributed by atoms with van der Waals surface area (Å²) in [5, 5.41) is 4.12. The second-order valence-corrected chi connectivity index (χ2v) is 12.1. The van der Waals surface area contributed by atoms with Gasteiger partial charge < -0.3 is 9.80 Å². The van der Waals surface area contributed by atoms with Crippen LogP contribution in [0.25, 0.3) is 0 Å². The van der Waals surface area contributed by atoms with E-state index in [1.54, 1.807) is 46.9 Å². The van der Waals surface area contributed by atoms with Gasteiger partial charge in [0.25, 0.3) is 5.91 Å². The van der Waals surface area contributed by atoms with Crippen molar-refractivity contribution in [1.29, 1.82) is 0 Å². The van der Waals surface area contributed by atoms with Crippen LogP contribution in [0, 0.1) is 0 Å². The van der Waals surface area contributed by atoms with E-state index in [4.69, 9.17) is 0 Å². The first-order chi connectivity index (χ1) is 15.4. The molecule has 1 saturated heterocycles. The van der Waals surface area contributed by atoms with Gasteiger partial charge in [0, 0.05) is 48.0 Å². The number of carbonyl (C=O) groups is 1. The molecule has 1 atom stereocenters. The SMILES string of the molecule is CN1CCN(S(=O)(=O)c2cccc(C(=O)N3CCc4sccc4[C@H]3c3cccs3)c2)CC1. The molecule has 2 aromatic heterocycles. The molecule has 0 unspecified atom stereocenters. The van der Waals surface area contributed by atoms with E-state index in [9.17, 15) is 13.2 Å². The molecule has 1 aromatic carbocycles. The maximum Gasteiger partial charge on any atom is 0.254 e. The first-order valence-electron chi connectivity index (χ1n) is 10.6. The lowest BCUT2D eigenvalue weighted by molar-refractivity contribution is 0.0698. The van der Waals surface area contributed by atoms with E-state index in [1.807, 2.05) is 23.4 Å². The Morgan fingerprint density at radius 1 is 0.969 bits per heavy atom. The molecule has 9 heteroatoms. The van der Waals surface area contributed by atoms with Crippen molar-refractivity contribution in [2.45, 2.75) is 17.4 Å². The molecule has 32 heavy (non-hydrogen) atoms. The summed E-state index contributed by atoms with van der Waals surface area (Å²) >= 11 is 3.38. The van der Waals surface area contributed by atoms with Crippen LogP contribution in [0.2, 0.25) is 0 Å². The first kappa shape index (κ1) is 21.8. The second-order valence-electron chi connectivity index (χ2n) is 8.20. The summed E-state index contributed by atoms with van der Waals surface area (Å²) in [5.41, 5.74) is 1.60. The molecule has 168 valence electrons. The van der Waals surface area contributed by atoms with E-state index in [2.05, 4.69) is 22.4 Å². The summed E-state index contributed by atoms with van der Waals surface area (Å²) in [6.07, 6.45) is 0.819. The minimum Gasteiger partial charge on any atom is -0.326 e. The molecule has 2 aliphatic rings. The highest BCUT2D eigenvalue weighted by Gasteiger charge is 2.35. The number of piperazine rings is 1. The number of hydrogen-bond acceptors (Lipinski definition) is 6. The highest BCUT2D eigenvalue weighted by molar-refractivity contribution is 7.89. The van der Waals surface area contributed by atoms with Gasteiger partial charge >= 0.3 is 0 Å². The van der Waals surface area contributed by atoms with Crippen molar-refractivity contribution in [3.05, 3.63) is 74.1 Å². The first-order valence-corrected chi connectivity index (χ1v) is 13.8. The average Bonchev–Trinajstić information content (AvgIpc) is 3.50. The number of sulfonamides is 1. The van der Waals surface area contributed by atoms with E-state index in [0.29, 0.717) is 38.3 Å². The number of fused-ring (bicyclic) bond motifs is 1. The Labute approximate surface area is 196 Å². The maximum atomic E-state index is 13.7. The molecule has 3 aromatic rings. The van der Waals surface area contributed by atoms with Crippen LogP contribution in [0.1, 0.15) is 31.7 Å². The van der Waals surface area contributed by atoms with Crippen molar-refractivity contribution >= 4 is 38.6 Å². The molecule has 0 bridgehead atoms. The third kappa shape index (κ3) is 3.92. The summed E-state index contributed by atoms with van der Waals surface area (Å²) in [7, 11) is -1.64. The molecule has 0 aliphatic carbocycles. The third-order valence-electron chi connectivity index (χ3n) is 6.22. The number of amides is 1. The highest BCUT2D eigenvalue weighted by atomic mass is 32.2. The molecular formula is C23H25N3O3S3.